The van der Waals surface area contributed by atoms with Crippen LogP contribution >= 0.6 is 11.8 Å². The maximum absolute atomic E-state index is 12.5. The highest BCUT2D eigenvalue weighted by atomic mass is 32.2. The van der Waals surface area contributed by atoms with Crippen molar-refractivity contribution in [1.29, 1.82) is 0 Å². The van der Waals surface area contributed by atoms with Gasteiger partial charge in [0, 0.05) is 30.6 Å². The Morgan fingerprint density at radius 2 is 2.11 bits per heavy atom. The summed E-state index contributed by atoms with van der Waals surface area (Å²) in [4.78, 5) is 18.7. The number of carbonyl (C=O) groups excluding carboxylic acids is 1. The molecule has 2 aliphatic heterocycles. The molecular formula is C22H22N2O2S. The fourth-order valence-corrected chi connectivity index (χ4v) is 4.58. The van der Waals surface area contributed by atoms with Crippen LogP contribution in [0.1, 0.15) is 12.0 Å². The van der Waals surface area contributed by atoms with Crippen LogP contribution in [0.4, 0.5) is 0 Å². The molecule has 1 atom stereocenters. The second-order valence-electron chi connectivity index (χ2n) is 6.87. The Bertz CT molecular complexity index is 883. The molecule has 0 saturated carbocycles. The van der Waals surface area contributed by atoms with E-state index < -0.39 is 5.60 Å². The number of benzene rings is 1. The molecule has 27 heavy (non-hydrogen) atoms. The Balaban J connectivity index is 1.29. The van der Waals surface area contributed by atoms with Gasteiger partial charge in [0.25, 0.3) is 0 Å². The van der Waals surface area contributed by atoms with Crippen molar-refractivity contribution in [2.24, 2.45) is 4.99 Å². The standard InChI is InChI=1S/C22H22N2O2S/c25-21(24-13-9-18(10-14-24)17-5-2-1-3-6-17)15-27-16-22(26)11-4-7-20-19(22)8-12-23-20/h1-9,11-12,26H,10,13-16H2. The summed E-state index contributed by atoms with van der Waals surface area (Å²) in [7, 11) is 0. The molecule has 1 unspecified atom stereocenters. The largest absolute Gasteiger partial charge is 0.380 e. The van der Waals surface area contributed by atoms with Crippen molar-refractivity contribution in [3.8, 4) is 0 Å². The monoisotopic (exact) mass is 378 g/mol. The summed E-state index contributed by atoms with van der Waals surface area (Å²) < 4.78 is 0. The minimum atomic E-state index is -1.05. The molecule has 4 rings (SSSR count). The molecule has 1 N–H and O–H groups in total. The molecule has 2 heterocycles. The van der Waals surface area contributed by atoms with Crippen molar-refractivity contribution in [3.05, 3.63) is 77.5 Å². The van der Waals surface area contributed by atoms with Crippen LogP contribution in [-0.4, -0.2) is 52.3 Å². The second kappa shape index (κ2) is 7.71. The van der Waals surface area contributed by atoms with Crippen molar-refractivity contribution < 1.29 is 9.90 Å². The number of carbonyl (C=O) groups is 1. The Morgan fingerprint density at radius 1 is 1.26 bits per heavy atom. The summed E-state index contributed by atoms with van der Waals surface area (Å²) in [6, 6.07) is 10.3. The Kier molecular flexibility index (Phi) is 5.14. The molecule has 3 aliphatic rings. The number of aliphatic hydroxyl groups is 1. The molecule has 0 radical (unpaired) electrons. The molecule has 138 valence electrons. The lowest BCUT2D eigenvalue weighted by Crippen LogP contribution is -2.37. The highest BCUT2D eigenvalue weighted by Crippen LogP contribution is 2.35. The highest BCUT2D eigenvalue weighted by Gasteiger charge is 2.34. The van der Waals surface area contributed by atoms with Gasteiger partial charge in [0.1, 0.15) is 5.60 Å². The molecule has 0 fully saturated rings. The van der Waals surface area contributed by atoms with Crippen LogP contribution in [0.5, 0.6) is 0 Å². The fraction of sp³-hybridized carbons (Fsp3) is 0.273. The van der Waals surface area contributed by atoms with Crippen molar-refractivity contribution in [2.45, 2.75) is 12.0 Å². The lowest BCUT2D eigenvalue weighted by Gasteiger charge is -2.29. The summed E-state index contributed by atoms with van der Waals surface area (Å²) in [5.74, 6) is 0.942. The predicted octanol–water partition coefficient (Wildman–Crippen LogP) is 3.23. The van der Waals surface area contributed by atoms with Crippen LogP contribution in [-0.2, 0) is 4.79 Å². The molecule has 0 spiro atoms. The van der Waals surface area contributed by atoms with E-state index in [1.807, 2.05) is 41.3 Å². The van der Waals surface area contributed by atoms with Gasteiger partial charge in [-0.2, -0.15) is 0 Å². The number of nitrogens with zero attached hydrogens (tertiary/aromatic N) is 2. The molecule has 1 aromatic carbocycles. The van der Waals surface area contributed by atoms with Gasteiger partial charge in [-0.15, -0.1) is 11.8 Å². The van der Waals surface area contributed by atoms with E-state index in [0.29, 0.717) is 18.1 Å². The van der Waals surface area contributed by atoms with Crippen molar-refractivity contribution in [3.63, 3.8) is 0 Å². The first-order chi connectivity index (χ1) is 13.2. The number of rotatable bonds is 5. The first-order valence-corrected chi connectivity index (χ1v) is 10.3. The average molecular weight is 378 g/mol. The summed E-state index contributed by atoms with van der Waals surface area (Å²) in [5.41, 5.74) is 3.12. The van der Waals surface area contributed by atoms with Gasteiger partial charge in [-0.1, -0.05) is 42.5 Å². The highest BCUT2D eigenvalue weighted by molar-refractivity contribution is 8.00. The van der Waals surface area contributed by atoms with Gasteiger partial charge in [0.05, 0.1) is 11.4 Å². The summed E-state index contributed by atoms with van der Waals surface area (Å²) in [5, 5.41) is 10.9. The zero-order valence-corrected chi connectivity index (χ0v) is 15.9. The zero-order valence-electron chi connectivity index (χ0n) is 15.0. The van der Waals surface area contributed by atoms with E-state index in [1.54, 1.807) is 12.3 Å². The quantitative estimate of drug-likeness (QED) is 0.856. The molecule has 4 nitrogen and oxygen atoms in total. The zero-order chi connectivity index (χ0) is 18.7. The number of fused-ring (bicyclic) bond motifs is 1. The van der Waals surface area contributed by atoms with Gasteiger partial charge in [0.15, 0.2) is 0 Å². The van der Waals surface area contributed by atoms with Gasteiger partial charge in [-0.05, 0) is 35.8 Å². The second-order valence-corrected chi connectivity index (χ2v) is 7.86. The lowest BCUT2D eigenvalue weighted by molar-refractivity contribution is -0.127. The molecule has 0 saturated heterocycles. The minimum Gasteiger partial charge on any atom is -0.380 e. The molecule has 1 aromatic rings. The first kappa shape index (κ1) is 18.0. The third kappa shape index (κ3) is 3.84. The SMILES string of the molecule is O=C(CSCC1(O)C=CC=C2N=CC=C21)N1CC=C(c2ccccc2)CC1. The number of hydrogen-bond donors (Lipinski definition) is 1. The summed E-state index contributed by atoms with van der Waals surface area (Å²) in [6.45, 7) is 1.40. The van der Waals surface area contributed by atoms with E-state index >= 15 is 0 Å². The molecular weight excluding hydrogens is 356 g/mol. The Labute approximate surface area is 163 Å². The van der Waals surface area contributed by atoms with Crippen LogP contribution in [0.25, 0.3) is 5.57 Å². The molecule has 0 bridgehead atoms. The topological polar surface area (TPSA) is 52.9 Å². The molecule has 1 amide bonds. The Morgan fingerprint density at radius 3 is 2.89 bits per heavy atom. The summed E-state index contributed by atoms with van der Waals surface area (Å²) >= 11 is 1.47. The van der Waals surface area contributed by atoms with Crippen LogP contribution in [0.2, 0.25) is 0 Å². The number of aliphatic imine (C=N–C) groups is 1. The van der Waals surface area contributed by atoms with E-state index in [1.165, 1.54) is 22.9 Å². The van der Waals surface area contributed by atoms with E-state index in [0.717, 1.165) is 24.2 Å². The Hall–Kier alpha value is -2.37. The minimum absolute atomic E-state index is 0.124. The number of thioether (sulfide) groups is 1. The third-order valence-corrected chi connectivity index (χ3v) is 6.17. The molecule has 1 aliphatic carbocycles. The van der Waals surface area contributed by atoms with Crippen molar-refractivity contribution >= 4 is 29.5 Å². The van der Waals surface area contributed by atoms with Gasteiger partial charge in [-0.25, -0.2) is 0 Å². The third-order valence-electron chi connectivity index (χ3n) is 5.08. The van der Waals surface area contributed by atoms with Crippen molar-refractivity contribution in [1.82, 2.24) is 4.90 Å². The fourth-order valence-electron chi connectivity index (χ4n) is 3.56. The maximum Gasteiger partial charge on any atom is 0.232 e. The van der Waals surface area contributed by atoms with Gasteiger partial charge >= 0.3 is 0 Å². The smallest absolute Gasteiger partial charge is 0.232 e. The lowest BCUT2D eigenvalue weighted by atomic mass is 9.90. The average Bonchev–Trinajstić information content (AvgIpc) is 3.19. The molecule has 0 aromatic heterocycles. The van der Waals surface area contributed by atoms with E-state index in [2.05, 4.69) is 23.2 Å². The number of hydrogen-bond acceptors (Lipinski definition) is 4. The van der Waals surface area contributed by atoms with Crippen LogP contribution in [0, 0.1) is 0 Å². The number of amides is 1. The van der Waals surface area contributed by atoms with Gasteiger partial charge < -0.3 is 10.0 Å². The number of allylic oxidation sites excluding steroid dienone is 3. The summed E-state index contributed by atoms with van der Waals surface area (Å²) in [6.07, 6.45) is 12.1. The maximum atomic E-state index is 12.5. The van der Waals surface area contributed by atoms with Gasteiger partial charge in [0.2, 0.25) is 5.91 Å². The van der Waals surface area contributed by atoms with E-state index in [4.69, 9.17) is 0 Å². The van der Waals surface area contributed by atoms with E-state index in [9.17, 15) is 9.90 Å². The normalized spacial score (nSPS) is 23.6. The van der Waals surface area contributed by atoms with Gasteiger partial charge in [-0.3, -0.25) is 9.79 Å². The van der Waals surface area contributed by atoms with Crippen LogP contribution < -0.4 is 0 Å². The van der Waals surface area contributed by atoms with Crippen LogP contribution in [0.15, 0.2) is 77.0 Å². The first-order valence-electron chi connectivity index (χ1n) is 9.13. The van der Waals surface area contributed by atoms with E-state index in [-0.39, 0.29) is 5.91 Å². The molecule has 5 heteroatoms. The van der Waals surface area contributed by atoms with Crippen molar-refractivity contribution in [2.75, 3.05) is 24.6 Å². The predicted molar refractivity (Wildman–Crippen MR) is 112 cm³/mol. The van der Waals surface area contributed by atoms with Crippen LogP contribution in [0.3, 0.4) is 0 Å².